The van der Waals surface area contributed by atoms with Gasteiger partial charge in [0.25, 0.3) is 0 Å². The Morgan fingerprint density at radius 3 is 1.00 bits per heavy atom. The van der Waals surface area contributed by atoms with Gasteiger partial charge in [0.2, 0.25) is 0 Å². The minimum atomic E-state index is -0.811. The molecule has 0 bridgehead atoms. The van der Waals surface area contributed by atoms with Crippen molar-refractivity contribution in [1.82, 2.24) is 0 Å². The van der Waals surface area contributed by atoms with Crippen molar-refractivity contribution in [1.29, 1.82) is 0 Å². The molecule has 0 heterocycles. The topological polar surface area (TPSA) is 78.9 Å². The van der Waals surface area contributed by atoms with Gasteiger partial charge < -0.3 is 14.2 Å². The van der Waals surface area contributed by atoms with E-state index in [-0.39, 0.29) is 37.5 Å². The van der Waals surface area contributed by atoms with Crippen LogP contribution in [0, 0.1) is 0 Å². The lowest BCUT2D eigenvalue weighted by molar-refractivity contribution is -0.167. The van der Waals surface area contributed by atoms with Crippen molar-refractivity contribution in [2.45, 2.75) is 252 Å². The monoisotopic (exact) mass is 917 g/mol. The van der Waals surface area contributed by atoms with Gasteiger partial charge in [-0.05, 0) is 96.3 Å². The minimum Gasteiger partial charge on any atom is -0.462 e. The summed E-state index contributed by atoms with van der Waals surface area (Å²) in [6.07, 6.45) is 71.1. The molecule has 66 heavy (non-hydrogen) atoms. The molecule has 1 unspecified atom stereocenters. The molecular weight excluding hydrogens is 817 g/mol. The molecule has 6 nitrogen and oxygen atoms in total. The van der Waals surface area contributed by atoms with Crippen molar-refractivity contribution in [2.24, 2.45) is 0 Å². The van der Waals surface area contributed by atoms with Crippen molar-refractivity contribution in [2.75, 3.05) is 13.2 Å². The van der Waals surface area contributed by atoms with E-state index in [9.17, 15) is 14.4 Å². The number of ether oxygens (including phenoxy) is 3. The number of hydrogen-bond donors (Lipinski definition) is 0. The normalized spacial score (nSPS) is 12.8. The quantitative estimate of drug-likeness (QED) is 0.0262. The summed E-state index contributed by atoms with van der Waals surface area (Å²) < 4.78 is 16.8. The molecule has 1 atom stereocenters. The van der Waals surface area contributed by atoms with Crippen LogP contribution in [0.4, 0.5) is 0 Å². The summed E-state index contributed by atoms with van der Waals surface area (Å²) in [6.45, 7) is 6.44. The zero-order valence-corrected chi connectivity index (χ0v) is 42.9. The van der Waals surface area contributed by atoms with Crippen LogP contribution in [0.1, 0.15) is 245 Å². The molecule has 0 rings (SSSR count). The Morgan fingerprint density at radius 1 is 0.318 bits per heavy atom. The molecule has 376 valence electrons. The number of hydrogen-bond acceptors (Lipinski definition) is 6. The highest BCUT2D eigenvalue weighted by Crippen LogP contribution is 2.14. The third-order valence-electron chi connectivity index (χ3n) is 11.3. The molecule has 0 radical (unpaired) electrons. The van der Waals surface area contributed by atoms with Crippen LogP contribution < -0.4 is 0 Å². The number of allylic oxidation sites excluding steroid dienone is 16. The molecule has 0 fully saturated rings. The van der Waals surface area contributed by atoms with Gasteiger partial charge in [-0.1, -0.05) is 227 Å². The first-order chi connectivity index (χ1) is 32.5. The van der Waals surface area contributed by atoms with Crippen LogP contribution >= 0.6 is 0 Å². The maximum absolute atomic E-state index is 12.8. The largest absolute Gasteiger partial charge is 0.462 e. The smallest absolute Gasteiger partial charge is 0.306 e. The van der Waals surface area contributed by atoms with Crippen LogP contribution in [0.5, 0.6) is 0 Å². The second-order valence-corrected chi connectivity index (χ2v) is 17.8. The number of rotatable bonds is 48. The van der Waals surface area contributed by atoms with Gasteiger partial charge in [-0.2, -0.15) is 0 Å². The average molecular weight is 917 g/mol. The summed E-state index contributed by atoms with van der Waals surface area (Å²) >= 11 is 0. The zero-order valence-electron chi connectivity index (χ0n) is 42.9. The third-order valence-corrected chi connectivity index (χ3v) is 11.3. The molecule has 0 saturated heterocycles. The third kappa shape index (κ3) is 51.3. The SMILES string of the molecule is CC/C=C\C/C=C\C/C=C\C/C=C\CCCCCCCCC(=O)OCC(COC(=O)CCCCCCCCCCCCCC)OC(=O)CCC/C=C\C/C=C\C/C=C\C/C=C\CCCCC. The lowest BCUT2D eigenvalue weighted by atomic mass is 10.0. The molecule has 0 spiro atoms. The van der Waals surface area contributed by atoms with E-state index in [1.54, 1.807) is 0 Å². The molecule has 0 aliphatic heterocycles. The van der Waals surface area contributed by atoms with E-state index in [1.165, 1.54) is 96.3 Å². The molecule has 0 N–H and O–H groups in total. The first-order valence-electron chi connectivity index (χ1n) is 27.2. The fourth-order valence-electron chi connectivity index (χ4n) is 7.25. The fraction of sp³-hybridized carbons (Fsp3) is 0.683. The highest BCUT2D eigenvalue weighted by Gasteiger charge is 2.19. The van der Waals surface area contributed by atoms with Gasteiger partial charge in [0.15, 0.2) is 6.10 Å². The highest BCUT2D eigenvalue weighted by molar-refractivity contribution is 5.71. The molecule has 0 amide bonds. The maximum Gasteiger partial charge on any atom is 0.306 e. The van der Waals surface area contributed by atoms with Gasteiger partial charge in [-0.3, -0.25) is 14.4 Å². The Morgan fingerprint density at radius 2 is 0.606 bits per heavy atom. The maximum atomic E-state index is 12.8. The van der Waals surface area contributed by atoms with Crippen LogP contribution in [-0.2, 0) is 28.6 Å². The van der Waals surface area contributed by atoms with E-state index in [2.05, 4.69) is 118 Å². The Bertz CT molecular complexity index is 1330. The van der Waals surface area contributed by atoms with Gasteiger partial charge in [0, 0.05) is 19.3 Å². The van der Waals surface area contributed by atoms with E-state index in [0.29, 0.717) is 19.3 Å². The van der Waals surface area contributed by atoms with E-state index < -0.39 is 6.10 Å². The zero-order chi connectivity index (χ0) is 47.9. The molecule has 0 aliphatic rings. The van der Waals surface area contributed by atoms with Crippen molar-refractivity contribution < 1.29 is 28.6 Å². The van der Waals surface area contributed by atoms with Crippen LogP contribution in [0.25, 0.3) is 0 Å². The van der Waals surface area contributed by atoms with Crippen LogP contribution in [0.15, 0.2) is 97.2 Å². The molecule has 0 aliphatic carbocycles. The van der Waals surface area contributed by atoms with Gasteiger partial charge in [0.05, 0.1) is 0 Å². The van der Waals surface area contributed by atoms with E-state index in [1.807, 2.05) is 0 Å². The summed E-state index contributed by atoms with van der Waals surface area (Å²) in [5, 5.41) is 0. The van der Waals surface area contributed by atoms with E-state index in [4.69, 9.17) is 14.2 Å². The molecule has 0 aromatic heterocycles. The standard InChI is InChI=1S/C60H100O6/c1-4-7-10-13-16-19-22-25-27-29-30-32-33-35-38-41-44-47-50-53-59(62)65-56-57(55-64-58(61)52-49-46-43-40-37-24-21-18-15-12-9-6-3)66-60(63)54-51-48-45-42-39-36-34-31-28-26-23-20-17-14-11-8-5-2/h7,10,16-17,19-20,25-28,30,32,34,36,42,45,57H,4-6,8-9,11-15,18,21-24,29,31,33,35,37-41,43-44,46-56H2,1-3H3/b10-7-,19-16-,20-17-,27-25-,28-26-,32-30-,36-34-,45-42-. The molecule has 0 saturated carbocycles. The first-order valence-corrected chi connectivity index (χ1v) is 27.2. The second kappa shape index (κ2) is 53.9. The van der Waals surface area contributed by atoms with Crippen molar-refractivity contribution in [3.05, 3.63) is 97.2 Å². The first kappa shape index (κ1) is 62.3. The Labute approximate surface area is 407 Å². The summed E-state index contributed by atoms with van der Waals surface area (Å²) in [5.74, 6) is -0.974. The minimum absolute atomic E-state index is 0.103. The van der Waals surface area contributed by atoms with Gasteiger partial charge in [0.1, 0.15) is 13.2 Å². The number of esters is 3. The van der Waals surface area contributed by atoms with Gasteiger partial charge in [-0.25, -0.2) is 0 Å². The summed E-state index contributed by atoms with van der Waals surface area (Å²) in [7, 11) is 0. The summed E-state index contributed by atoms with van der Waals surface area (Å²) in [5.41, 5.74) is 0. The van der Waals surface area contributed by atoms with Crippen molar-refractivity contribution in [3.8, 4) is 0 Å². The van der Waals surface area contributed by atoms with Gasteiger partial charge in [-0.15, -0.1) is 0 Å². The number of carbonyl (C=O) groups excluding carboxylic acids is 3. The van der Waals surface area contributed by atoms with Crippen LogP contribution in [0.3, 0.4) is 0 Å². The van der Waals surface area contributed by atoms with Crippen LogP contribution in [-0.4, -0.2) is 37.2 Å². The average Bonchev–Trinajstić information content (AvgIpc) is 3.31. The number of carbonyl (C=O) groups is 3. The van der Waals surface area contributed by atoms with Crippen molar-refractivity contribution >= 4 is 17.9 Å². The molecule has 6 heteroatoms. The lowest BCUT2D eigenvalue weighted by Crippen LogP contribution is -2.30. The highest BCUT2D eigenvalue weighted by atomic mass is 16.6. The number of unbranched alkanes of at least 4 members (excludes halogenated alkanes) is 21. The fourth-order valence-corrected chi connectivity index (χ4v) is 7.25. The predicted molar refractivity (Wildman–Crippen MR) is 284 cm³/mol. The predicted octanol–water partition coefficient (Wildman–Crippen LogP) is 18.1. The molecule has 0 aromatic carbocycles. The second-order valence-electron chi connectivity index (χ2n) is 17.8. The molecular formula is C60H100O6. The van der Waals surface area contributed by atoms with E-state index >= 15 is 0 Å². The Hall–Kier alpha value is -3.67. The lowest BCUT2D eigenvalue weighted by Gasteiger charge is -2.18. The van der Waals surface area contributed by atoms with E-state index in [0.717, 1.165) is 103 Å². The Kier molecular flexibility index (Phi) is 50.9. The molecule has 0 aromatic rings. The summed E-state index contributed by atoms with van der Waals surface area (Å²) in [6, 6.07) is 0. The van der Waals surface area contributed by atoms with Crippen molar-refractivity contribution in [3.63, 3.8) is 0 Å². The van der Waals surface area contributed by atoms with Gasteiger partial charge >= 0.3 is 17.9 Å². The van der Waals surface area contributed by atoms with Crippen LogP contribution in [0.2, 0.25) is 0 Å². The summed E-state index contributed by atoms with van der Waals surface area (Å²) in [4.78, 5) is 38.0. The Balaban J connectivity index is 4.48.